The molecule has 0 atom stereocenters. The van der Waals surface area contributed by atoms with Crippen LogP contribution < -0.4 is 9.47 Å². The molecular weight excluding hydrogens is 398 g/mol. The van der Waals surface area contributed by atoms with Crippen molar-refractivity contribution in [3.8, 4) is 11.5 Å². The molecule has 0 radical (unpaired) electrons. The number of benzene rings is 2. The van der Waals surface area contributed by atoms with E-state index < -0.39 is 10.0 Å². The fourth-order valence-electron chi connectivity index (χ4n) is 3.80. The lowest BCUT2D eigenvalue weighted by Gasteiger charge is -2.37. The van der Waals surface area contributed by atoms with Crippen molar-refractivity contribution in [1.82, 2.24) is 4.31 Å². The fraction of sp³-hybridized carbons (Fsp3) is 0.417. The van der Waals surface area contributed by atoms with Gasteiger partial charge in [0.2, 0.25) is 10.0 Å². The quantitative estimate of drug-likeness (QED) is 0.623. The lowest BCUT2D eigenvalue weighted by molar-refractivity contribution is 0.159. The van der Waals surface area contributed by atoms with E-state index in [1.165, 1.54) is 0 Å². The highest BCUT2D eigenvalue weighted by Gasteiger charge is 2.35. The van der Waals surface area contributed by atoms with Gasteiger partial charge in [-0.15, -0.1) is 0 Å². The van der Waals surface area contributed by atoms with Crippen LogP contribution in [-0.2, 0) is 16.6 Å². The van der Waals surface area contributed by atoms with Crippen molar-refractivity contribution in [3.05, 3.63) is 59.7 Å². The molecule has 0 unspecified atom stereocenters. The Bertz CT molecular complexity index is 1040. The van der Waals surface area contributed by atoms with E-state index in [0.717, 1.165) is 36.1 Å². The number of sulfonamides is 1. The molecule has 6 heteroatoms. The van der Waals surface area contributed by atoms with Gasteiger partial charge in [-0.3, -0.25) is 0 Å². The summed E-state index contributed by atoms with van der Waals surface area (Å²) >= 11 is 0. The summed E-state index contributed by atoms with van der Waals surface area (Å²) in [7, 11) is -3.60. The van der Waals surface area contributed by atoms with Crippen LogP contribution in [0.25, 0.3) is 6.08 Å². The Hall–Kier alpha value is -2.31. The molecule has 1 saturated carbocycles. The molecule has 30 heavy (non-hydrogen) atoms. The molecule has 2 aliphatic rings. The maximum Gasteiger partial charge on any atom is 0.243 e. The maximum absolute atomic E-state index is 13.5. The van der Waals surface area contributed by atoms with E-state index in [4.69, 9.17) is 9.47 Å². The van der Waals surface area contributed by atoms with Gasteiger partial charge in [0.1, 0.15) is 17.1 Å². The first-order chi connectivity index (χ1) is 14.3. The molecule has 160 valence electrons. The number of nitrogens with zero attached hydrogens (tertiary/aromatic N) is 1. The third-order valence-corrected chi connectivity index (χ3v) is 7.59. The van der Waals surface area contributed by atoms with Crippen molar-refractivity contribution >= 4 is 16.1 Å². The minimum atomic E-state index is -3.60. The second kappa shape index (κ2) is 8.08. The molecule has 0 bridgehead atoms. The molecule has 0 saturated heterocycles. The van der Waals surface area contributed by atoms with Crippen molar-refractivity contribution in [2.45, 2.75) is 63.1 Å². The highest BCUT2D eigenvalue weighted by molar-refractivity contribution is 7.89. The first kappa shape index (κ1) is 20.9. The summed E-state index contributed by atoms with van der Waals surface area (Å²) in [5.74, 6) is 1.51. The van der Waals surface area contributed by atoms with Gasteiger partial charge in [-0.2, -0.15) is 4.31 Å². The van der Waals surface area contributed by atoms with Crippen LogP contribution in [0.4, 0.5) is 0 Å². The highest BCUT2D eigenvalue weighted by atomic mass is 32.2. The van der Waals surface area contributed by atoms with Crippen molar-refractivity contribution in [3.63, 3.8) is 0 Å². The van der Waals surface area contributed by atoms with Gasteiger partial charge >= 0.3 is 0 Å². The van der Waals surface area contributed by atoms with E-state index >= 15 is 0 Å². The molecule has 1 fully saturated rings. The average Bonchev–Trinajstić information content (AvgIpc) is 2.66. The Labute approximate surface area is 179 Å². The molecule has 0 N–H and O–H groups in total. The summed E-state index contributed by atoms with van der Waals surface area (Å²) in [6, 6.07) is 12.7. The Balaban J connectivity index is 1.61. The third kappa shape index (κ3) is 4.25. The molecule has 2 aromatic carbocycles. The van der Waals surface area contributed by atoms with Gasteiger partial charge in [-0.25, -0.2) is 8.42 Å². The number of rotatable bonds is 7. The summed E-state index contributed by atoms with van der Waals surface area (Å²) < 4.78 is 40.0. The lowest BCUT2D eigenvalue weighted by atomic mass is 9.93. The predicted octanol–water partition coefficient (Wildman–Crippen LogP) is 5.01. The topological polar surface area (TPSA) is 55.8 Å². The minimum absolute atomic E-state index is 0.0447. The van der Waals surface area contributed by atoms with Gasteiger partial charge < -0.3 is 9.47 Å². The van der Waals surface area contributed by atoms with Gasteiger partial charge in [0.25, 0.3) is 0 Å². The summed E-state index contributed by atoms with van der Waals surface area (Å²) in [5, 5.41) is 0. The first-order valence-corrected chi connectivity index (χ1v) is 12.0. The molecule has 5 nitrogen and oxygen atoms in total. The van der Waals surface area contributed by atoms with Crippen LogP contribution in [0, 0.1) is 0 Å². The zero-order valence-electron chi connectivity index (χ0n) is 17.8. The Kier molecular flexibility index (Phi) is 5.64. The molecule has 2 aromatic rings. The van der Waals surface area contributed by atoms with Crippen molar-refractivity contribution in [1.29, 1.82) is 0 Å². The zero-order chi connectivity index (χ0) is 21.4. The van der Waals surface area contributed by atoms with Crippen LogP contribution in [-0.4, -0.2) is 31.0 Å². The highest BCUT2D eigenvalue weighted by Crippen LogP contribution is 2.35. The molecule has 0 spiro atoms. The largest absolute Gasteiger partial charge is 0.494 e. The Morgan fingerprint density at radius 3 is 2.50 bits per heavy atom. The van der Waals surface area contributed by atoms with Crippen molar-refractivity contribution < 1.29 is 17.9 Å². The normalized spacial score (nSPS) is 17.9. The minimum Gasteiger partial charge on any atom is -0.494 e. The molecule has 1 aliphatic carbocycles. The molecule has 1 heterocycles. The SMILES string of the molecule is CCOc1ccc(S(=O)(=O)N(Cc2ccc3c(c2)C=CC(C)(C)O3)C2CCC2)cc1. The van der Waals surface area contributed by atoms with Gasteiger partial charge in [0, 0.05) is 18.2 Å². The standard InChI is InChI=1S/C24H29NO4S/c1-4-28-21-9-11-22(12-10-21)30(26,27)25(20-6-5-7-20)17-18-8-13-23-19(16-18)14-15-24(2,3)29-23/h8-16,20H,4-7,17H2,1-3H3. The summed E-state index contributed by atoms with van der Waals surface area (Å²) in [6.45, 7) is 6.84. The number of ether oxygens (including phenoxy) is 2. The average molecular weight is 428 g/mol. The van der Waals surface area contributed by atoms with Gasteiger partial charge in [0.05, 0.1) is 11.5 Å². The van der Waals surface area contributed by atoms with Crippen LogP contribution in [0.5, 0.6) is 11.5 Å². The smallest absolute Gasteiger partial charge is 0.243 e. The van der Waals surface area contributed by atoms with Crippen LogP contribution in [0.3, 0.4) is 0 Å². The van der Waals surface area contributed by atoms with E-state index in [-0.39, 0.29) is 11.6 Å². The zero-order valence-corrected chi connectivity index (χ0v) is 18.6. The van der Waals surface area contributed by atoms with E-state index in [2.05, 4.69) is 6.08 Å². The Morgan fingerprint density at radius 1 is 1.13 bits per heavy atom. The number of hydrogen-bond donors (Lipinski definition) is 0. The predicted molar refractivity (Wildman–Crippen MR) is 118 cm³/mol. The fourth-order valence-corrected chi connectivity index (χ4v) is 5.48. The van der Waals surface area contributed by atoms with E-state index in [0.29, 0.717) is 23.8 Å². The summed E-state index contributed by atoms with van der Waals surface area (Å²) in [4.78, 5) is 0.306. The van der Waals surface area contributed by atoms with Crippen LogP contribution in [0.15, 0.2) is 53.4 Å². The van der Waals surface area contributed by atoms with Crippen LogP contribution >= 0.6 is 0 Å². The maximum atomic E-state index is 13.5. The van der Waals surface area contributed by atoms with Gasteiger partial charge in [0.15, 0.2) is 0 Å². The van der Waals surface area contributed by atoms with E-state index in [1.807, 2.05) is 45.0 Å². The second-order valence-electron chi connectivity index (χ2n) is 8.45. The summed E-state index contributed by atoms with van der Waals surface area (Å²) in [6.07, 6.45) is 6.95. The number of fused-ring (bicyclic) bond motifs is 1. The molecule has 0 amide bonds. The molecule has 0 aromatic heterocycles. The molecular formula is C24H29NO4S. The van der Waals surface area contributed by atoms with Crippen LogP contribution in [0.1, 0.15) is 51.2 Å². The van der Waals surface area contributed by atoms with Crippen molar-refractivity contribution in [2.24, 2.45) is 0 Å². The van der Waals surface area contributed by atoms with Gasteiger partial charge in [-0.05, 0) is 81.7 Å². The van der Waals surface area contributed by atoms with E-state index in [9.17, 15) is 8.42 Å². The Morgan fingerprint density at radius 2 is 1.87 bits per heavy atom. The van der Waals surface area contributed by atoms with Gasteiger partial charge in [-0.1, -0.05) is 18.6 Å². The summed E-state index contributed by atoms with van der Waals surface area (Å²) in [5.41, 5.74) is 1.62. The monoisotopic (exact) mass is 427 g/mol. The second-order valence-corrected chi connectivity index (χ2v) is 10.3. The molecule has 4 rings (SSSR count). The molecule has 1 aliphatic heterocycles. The number of hydrogen-bond acceptors (Lipinski definition) is 4. The van der Waals surface area contributed by atoms with E-state index in [1.54, 1.807) is 28.6 Å². The van der Waals surface area contributed by atoms with Crippen molar-refractivity contribution in [2.75, 3.05) is 6.61 Å². The lowest BCUT2D eigenvalue weighted by Crippen LogP contribution is -2.43. The third-order valence-electron chi connectivity index (χ3n) is 5.67. The first-order valence-electron chi connectivity index (χ1n) is 10.5. The van der Waals surface area contributed by atoms with Crippen LogP contribution in [0.2, 0.25) is 0 Å².